The number of carbonyl (C=O) groups excluding carboxylic acids is 1. The lowest BCUT2D eigenvalue weighted by molar-refractivity contribution is 0.0918. The second-order valence-electron chi connectivity index (χ2n) is 5.83. The number of rotatable bonds is 3. The highest BCUT2D eigenvalue weighted by Crippen LogP contribution is 2.27. The van der Waals surface area contributed by atoms with Gasteiger partial charge in [-0.2, -0.15) is 0 Å². The van der Waals surface area contributed by atoms with Crippen molar-refractivity contribution in [2.75, 3.05) is 5.73 Å². The number of carbonyl (C=O) groups is 1. The molecule has 1 aliphatic rings. The van der Waals surface area contributed by atoms with Gasteiger partial charge in [0.05, 0.1) is 0 Å². The lowest BCUT2D eigenvalue weighted by atomic mass is 9.84. The van der Waals surface area contributed by atoms with Gasteiger partial charge >= 0.3 is 0 Å². The lowest BCUT2D eigenvalue weighted by Crippen LogP contribution is -2.39. The Hall–Kier alpha value is -1.03. The molecule has 0 aromatic heterocycles. The fraction of sp³-hybridized carbons (Fsp3) is 0.562. The van der Waals surface area contributed by atoms with E-state index in [9.17, 15) is 4.79 Å². The van der Waals surface area contributed by atoms with E-state index in [1.807, 2.05) is 19.1 Å². The highest BCUT2D eigenvalue weighted by Gasteiger charge is 2.22. The van der Waals surface area contributed by atoms with Crippen molar-refractivity contribution in [3.05, 3.63) is 27.7 Å². The van der Waals surface area contributed by atoms with Crippen LogP contribution in [-0.4, -0.2) is 11.9 Å². The molecule has 3 N–H and O–H groups in total. The molecule has 1 atom stereocenters. The summed E-state index contributed by atoms with van der Waals surface area (Å²) in [5.41, 5.74) is 8.09. The largest absolute Gasteiger partial charge is 0.398 e. The summed E-state index contributed by atoms with van der Waals surface area (Å²) in [4.78, 5) is 12.4. The number of nitrogen functional groups attached to an aromatic ring is 1. The number of hydrogen-bond donors (Lipinski definition) is 2. The van der Waals surface area contributed by atoms with Crippen molar-refractivity contribution < 1.29 is 4.79 Å². The first-order valence-electron chi connectivity index (χ1n) is 7.35. The van der Waals surface area contributed by atoms with Gasteiger partial charge in [0.1, 0.15) is 0 Å². The van der Waals surface area contributed by atoms with E-state index in [0.29, 0.717) is 17.2 Å². The molecule has 1 aliphatic carbocycles. The van der Waals surface area contributed by atoms with E-state index < -0.39 is 0 Å². The monoisotopic (exact) mass is 338 g/mol. The van der Waals surface area contributed by atoms with Gasteiger partial charge in [-0.05, 0) is 50.3 Å². The van der Waals surface area contributed by atoms with Gasteiger partial charge in [-0.1, -0.05) is 35.2 Å². The standard InChI is InChI=1S/C16H23BrN2O/c1-10-14(8-13(17)9-15(10)18)16(20)19-11(2)12-6-4-3-5-7-12/h8-9,11-12H,3-7,18H2,1-2H3,(H,19,20). The highest BCUT2D eigenvalue weighted by molar-refractivity contribution is 9.10. The number of hydrogen-bond acceptors (Lipinski definition) is 2. The Labute approximate surface area is 129 Å². The molecule has 2 rings (SSSR count). The number of nitrogens with one attached hydrogen (secondary N) is 1. The Balaban J connectivity index is 2.08. The molecule has 0 saturated heterocycles. The summed E-state index contributed by atoms with van der Waals surface area (Å²) in [5.74, 6) is 0.589. The second-order valence-corrected chi connectivity index (χ2v) is 6.74. The predicted molar refractivity (Wildman–Crippen MR) is 86.8 cm³/mol. The van der Waals surface area contributed by atoms with Crippen LogP contribution in [0.5, 0.6) is 0 Å². The van der Waals surface area contributed by atoms with Gasteiger partial charge in [0, 0.05) is 21.8 Å². The van der Waals surface area contributed by atoms with Crippen LogP contribution in [0.3, 0.4) is 0 Å². The fourth-order valence-corrected chi connectivity index (χ4v) is 3.45. The number of halogens is 1. The molecular weight excluding hydrogens is 316 g/mol. The number of benzene rings is 1. The first-order valence-corrected chi connectivity index (χ1v) is 8.15. The Kier molecular flexibility index (Phi) is 5.08. The SMILES string of the molecule is Cc1c(N)cc(Br)cc1C(=O)NC(C)C1CCCCC1. The molecule has 1 unspecified atom stereocenters. The van der Waals surface area contributed by atoms with Gasteiger partial charge in [0.15, 0.2) is 0 Å². The van der Waals surface area contributed by atoms with Crippen LogP contribution in [0.2, 0.25) is 0 Å². The first kappa shape index (κ1) is 15.4. The van der Waals surface area contributed by atoms with Gasteiger partial charge in [-0.15, -0.1) is 0 Å². The zero-order valence-corrected chi connectivity index (χ0v) is 13.8. The quantitative estimate of drug-likeness (QED) is 0.817. The van der Waals surface area contributed by atoms with E-state index in [1.54, 1.807) is 0 Å². The molecule has 1 aromatic rings. The molecule has 1 fully saturated rings. The van der Waals surface area contributed by atoms with Crippen LogP contribution in [0.4, 0.5) is 5.69 Å². The Morgan fingerprint density at radius 1 is 1.35 bits per heavy atom. The van der Waals surface area contributed by atoms with Crippen molar-refractivity contribution in [1.82, 2.24) is 5.32 Å². The zero-order chi connectivity index (χ0) is 14.7. The van der Waals surface area contributed by atoms with E-state index in [1.165, 1.54) is 32.1 Å². The summed E-state index contributed by atoms with van der Waals surface area (Å²) < 4.78 is 0.844. The molecule has 3 nitrogen and oxygen atoms in total. The van der Waals surface area contributed by atoms with Crippen molar-refractivity contribution in [2.24, 2.45) is 5.92 Å². The van der Waals surface area contributed by atoms with E-state index in [-0.39, 0.29) is 11.9 Å². The predicted octanol–water partition coefficient (Wildman–Crippen LogP) is 4.04. The maximum atomic E-state index is 12.4. The third-order valence-electron chi connectivity index (χ3n) is 4.37. The van der Waals surface area contributed by atoms with Gasteiger partial charge in [-0.25, -0.2) is 0 Å². The summed E-state index contributed by atoms with van der Waals surface area (Å²) in [5, 5.41) is 3.15. The number of nitrogens with two attached hydrogens (primary N) is 1. The minimum Gasteiger partial charge on any atom is -0.398 e. The van der Waals surface area contributed by atoms with E-state index in [4.69, 9.17) is 5.73 Å². The molecule has 1 saturated carbocycles. The van der Waals surface area contributed by atoms with Crippen LogP contribution in [0.25, 0.3) is 0 Å². The molecule has 20 heavy (non-hydrogen) atoms. The van der Waals surface area contributed by atoms with Crippen LogP contribution >= 0.6 is 15.9 Å². The van der Waals surface area contributed by atoms with Crippen LogP contribution in [-0.2, 0) is 0 Å². The van der Waals surface area contributed by atoms with Crippen molar-refractivity contribution in [1.29, 1.82) is 0 Å². The van der Waals surface area contributed by atoms with Crippen molar-refractivity contribution in [2.45, 2.75) is 52.0 Å². The molecule has 0 bridgehead atoms. The summed E-state index contributed by atoms with van der Waals surface area (Å²) in [6.45, 7) is 4.01. The summed E-state index contributed by atoms with van der Waals surface area (Å²) in [7, 11) is 0. The Bertz CT molecular complexity index is 495. The van der Waals surface area contributed by atoms with Gasteiger partial charge < -0.3 is 11.1 Å². The fourth-order valence-electron chi connectivity index (χ4n) is 2.97. The first-order chi connectivity index (χ1) is 9.49. The third kappa shape index (κ3) is 3.54. The van der Waals surface area contributed by atoms with Crippen LogP contribution in [0.15, 0.2) is 16.6 Å². The van der Waals surface area contributed by atoms with Crippen molar-refractivity contribution >= 4 is 27.5 Å². The zero-order valence-electron chi connectivity index (χ0n) is 12.2. The van der Waals surface area contributed by atoms with E-state index in [2.05, 4.69) is 28.2 Å². The number of amides is 1. The summed E-state index contributed by atoms with van der Waals surface area (Å²) in [6.07, 6.45) is 6.35. The number of anilines is 1. The normalized spacial score (nSPS) is 17.8. The molecule has 0 spiro atoms. The molecule has 110 valence electrons. The summed E-state index contributed by atoms with van der Waals surface area (Å²) >= 11 is 3.40. The Morgan fingerprint density at radius 3 is 2.65 bits per heavy atom. The maximum absolute atomic E-state index is 12.4. The molecule has 1 amide bonds. The second kappa shape index (κ2) is 6.61. The molecule has 0 heterocycles. The maximum Gasteiger partial charge on any atom is 0.251 e. The minimum atomic E-state index is -0.0198. The van der Waals surface area contributed by atoms with Crippen molar-refractivity contribution in [3.63, 3.8) is 0 Å². The van der Waals surface area contributed by atoms with Gasteiger partial charge in [0.25, 0.3) is 5.91 Å². The van der Waals surface area contributed by atoms with Crippen molar-refractivity contribution in [3.8, 4) is 0 Å². The molecule has 1 aromatic carbocycles. The Morgan fingerprint density at radius 2 is 2.00 bits per heavy atom. The van der Waals surface area contributed by atoms with Crippen LogP contribution < -0.4 is 11.1 Å². The molecule has 4 heteroatoms. The molecular formula is C16H23BrN2O. The highest BCUT2D eigenvalue weighted by atomic mass is 79.9. The smallest absolute Gasteiger partial charge is 0.251 e. The van der Waals surface area contributed by atoms with Crippen LogP contribution in [0.1, 0.15) is 54.9 Å². The third-order valence-corrected chi connectivity index (χ3v) is 4.83. The van der Waals surface area contributed by atoms with E-state index >= 15 is 0 Å². The van der Waals surface area contributed by atoms with Gasteiger partial charge in [-0.3, -0.25) is 4.79 Å². The van der Waals surface area contributed by atoms with Gasteiger partial charge in [0.2, 0.25) is 0 Å². The lowest BCUT2D eigenvalue weighted by Gasteiger charge is -2.28. The topological polar surface area (TPSA) is 55.1 Å². The summed E-state index contributed by atoms with van der Waals surface area (Å²) in [6, 6.07) is 3.90. The minimum absolute atomic E-state index is 0.0198. The van der Waals surface area contributed by atoms with Crippen LogP contribution in [0, 0.1) is 12.8 Å². The average Bonchev–Trinajstić information content (AvgIpc) is 2.43. The molecule has 0 aliphatic heterocycles. The average molecular weight is 339 g/mol. The van der Waals surface area contributed by atoms with E-state index in [0.717, 1.165) is 10.0 Å². The molecule has 0 radical (unpaired) electrons.